The first kappa shape index (κ1) is 14.4. The Hall–Kier alpha value is -0.620. The molecule has 0 aliphatic rings. The van der Waals surface area contributed by atoms with Crippen LogP contribution >= 0.6 is 0 Å². The molecule has 6 heteroatoms. The standard InChI is InChI=1S/C9H19NO4S/c1-5-14-8(11)6-7-10-15(12,13)9(2,3)4/h10H,5-7H2,1-4H3. The molecule has 0 spiro atoms. The Bertz CT molecular complexity index is 303. The van der Waals surface area contributed by atoms with Crippen LogP contribution in [-0.4, -0.2) is 32.3 Å². The summed E-state index contributed by atoms with van der Waals surface area (Å²) in [5.74, 6) is -0.394. The van der Waals surface area contributed by atoms with Crippen molar-refractivity contribution in [3.8, 4) is 0 Å². The highest BCUT2D eigenvalue weighted by molar-refractivity contribution is 7.90. The van der Waals surface area contributed by atoms with E-state index in [1.54, 1.807) is 27.7 Å². The predicted molar refractivity (Wildman–Crippen MR) is 57.9 cm³/mol. The summed E-state index contributed by atoms with van der Waals surface area (Å²) in [7, 11) is -3.37. The van der Waals surface area contributed by atoms with Crippen LogP contribution in [0.15, 0.2) is 0 Å². The third-order valence-corrected chi connectivity index (χ3v) is 3.93. The topological polar surface area (TPSA) is 72.5 Å². The summed E-state index contributed by atoms with van der Waals surface area (Å²) < 4.78 is 29.2. The molecule has 90 valence electrons. The molecule has 0 saturated carbocycles. The van der Waals surface area contributed by atoms with Gasteiger partial charge in [-0.05, 0) is 27.7 Å². The quantitative estimate of drug-likeness (QED) is 0.713. The van der Waals surface area contributed by atoms with Gasteiger partial charge in [-0.1, -0.05) is 0 Å². The Balaban J connectivity index is 4.03. The largest absolute Gasteiger partial charge is 0.466 e. The monoisotopic (exact) mass is 237 g/mol. The fourth-order valence-corrected chi connectivity index (χ4v) is 1.54. The lowest BCUT2D eigenvalue weighted by atomic mass is 10.3. The van der Waals surface area contributed by atoms with E-state index in [1.807, 2.05) is 0 Å². The Morgan fingerprint density at radius 2 is 1.87 bits per heavy atom. The number of hydrogen-bond acceptors (Lipinski definition) is 4. The first-order valence-electron chi connectivity index (χ1n) is 4.85. The Kier molecular flexibility index (Phi) is 5.23. The highest BCUT2D eigenvalue weighted by atomic mass is 32.2. The van der Waals surface area contributed by atoms with E-state index in [4.69, 9.17) is 0 Å². The molecule has 5 nitrogen and oxygen atoms in total. The smallest absolute Gasteiger partial charge is 0.307 e. The molecule has 0 aromatic heterocycles. The number of nitrogens with one attached hydrogen (secondary N) is 1. The molecule has 0 saturated heterocycles. The summed E-state index contributed by atoms with van der Waals surface area (Å²) in [6.45, 7) is 6.89. The lowest BCUT2D eigenvalue weighted by molar-refractivity contribution is -0.142. The lowest BCUT2D eigenvalue weighted by Gasteiger charge is -2.19. The molecule has 0 heterocycles. The van der Waals surface area contributed by atoms with Crippen LogP contribution in [0.4, 0.5) is 0 Å². The van der Waals surface area contributed by atoms with Gasteiger partial charge in [0.25, 0.3) is 0 Å². The fourth-order valence-electron chi connectivity index (χ4n) is 0.737. The summed E-state index contributed by atoms with van der Waals surface area (Å²) in [6, 6.07) is 0. The third kappa shape index (κ3) is 5.13. The minimum Gasteiger partial charge on any atom is -0.466 e. The maximum atomic E-state index is 11.5. The van der Waals surface area contributed by atoms with E-state index in [2.05, 4.69) is 9.46 Å². The molecule has 15 heavy (non-hydrogen) atoms. The van der Waals surface area contributed by atoms with E-state index in [9.17, 15) is 13.2 Å². The van der Waals surface area contributed by atoms with Gasteiger partial charge in [0, 0.05) is 6.54 Å². The number of ether oxygens (including phenoxy) is 1. The maximum absolute atomic E-state index is 11.5. The van der Waals surface area contributed by atoms with Crippen molar-refractivity contribution in [1.82, 2.24) is 4.72 Å². The van der Waals surface area contributed by atoms with Gasteiger partial charge < -0.3 is 4.74 Å². The SMILES string of the molecule is CCOC(=O)CCNS(=O)(=O)C(C)(C)C. The van der Waals surface area contributed by atoms with Gasteiger partial charge in [-0.3, -0.25) is 4.79 Å². The van der Waals surface area contributed by atoms with Crippen LogP contribution in [0.1, 0.15) is 34.1 Å². The number of rotatable bonds is 5. The molecule has 0 atom stereocenters. The third-order valence-electron chi connectivity index (χ3n) is 1.73. The Labute approximate surface area is 91.2 Å². The molecule has 0 aromatic carbocycles. The van der Waals surface area contributed by atoms with Gasteiger partial charge >= 0.3 is 5.97 Å². The van der Waals surface area contributed by atoms with Crippen molar-refractivity contribution in [3.05, 3.63) is 0 Å². The molecule has 0 aromatic rings. The van der Waals surface area contributed by atoms with E-state index in [1.165, 1.54) is 0 Å². The molecule has 0 unspecified atom stereocenters. The summed E-state index contributed by atoms with van der Waals surface area (Å²) in [6.07, 6.45) is 0.0587. The zero-order chi connectivity index (χ0) is 12.1. The lowest BCUT2D eigenvalue weighted by Crippen LogP contribution is -2.40. The normalized spacial score (nSPS) is 12.5. The highest BCUT2D eigenvalue weighted by Crippen LogP contribution is 2.12. The van der Waals surface area contributed by atoms with Crippen LogP contribution < -0.4 is 4.72 Å². The van der Waals surface area contributed by atoms with E-state index in [-0.39, 0.29) is 13.0 Å². The molecule has 0 aliphatic heterocycles. The zero-order valence-corrected chi connectivity index (χ0v) is 10.5. The minimum absolute atomic E-state index is 0.0587. The molecular weight excluding hydrogens is 218 g/mol. The van der Waals surface area contributed by atoms with Crippen molar-refractivity contribution < 1.29 is 17.9 Å². The second-order valence-electron chi connectivity index (χ2n) is 4.07. The van der Waals surface area contributed by atoms with Crippen LogP contribution in [0.3, 0.4) is 0 Å². The van der Waals surface area contributed by atoms with E-state index >= 15 is 0 Å². The second-order valence-corrected chi connectivity index (χ2v) is 6.59. The van der Waals surface area contributed by atoms with Crippen LogP contribution in [0, 0.1) is 0 Å². The van der Waals surface area contributed by atoms with E-state index < -0.39 is 20.7 Å². The first-order chi connectivity index (χ1) is 6.70. The van der Waals surface area contributed by atoms with Crippen LogP contribution in [0.5, 0.6) is 0 Å². The first-order valence-corrected chi connectivity index (χ1v) is 6.34. The van der Waals surface area contributed by atoms with Gasteiger partial charge in [-0.15, -0.1) is 0 Å². The molecule has 0 fully saturated rings. The summed E-state index contributed by atoms with van der Waals surface area (Å²) in [5, 5.41) is 0. The highest BCUT2D eigenvalue weighted by Gasteiger charge is 2.28. The van der Waals surface area contributed by atoms with Crippen molar-refractivity contribution in [1.29, 1.82) is 0 Å². The number of carbonyl (C=O) groups excluding carboxylic acids is 1. The van der Waals surface area contributed by atoms with Crippen LogP contribution in [-0.2, 0) is 19.6 Å². The molecule has 0 aliphatic carbocycles. The molecule has 0 amide bonds. The molecular formula is C9H19NO4S. The van der Waals surface area contributed by atoms with Crippen molar-refractivity contribution in [2.24, 2.45) is 0 Å². The van der Waals surface area contributed by atoms with Gasteiger partial charge in [-0.2, -0.15) is 0 Å². The van der Waals surface area contributed by atoms with Gasteiger partial charge in [-0.25, -0.2) is 13.1 Å². The van der Waals surface area contributed by atoms with E-state index in [0.29, 0.717) is 6.61 Å². The Morgan fingerprint density at radius 3 is 2.27 bits per heavy atom. The van der Waals surface area contributed by atoms with Crippen molar-refractivity contribution >= 4 is 16.0 Å². The summed E-state index contributed by atoms with van der Waals surface area (Å²) >= 11 is 0. The van der Waals surface area contributed by atoms with Crippen molar-refractivity contribution in [2.45, 2.75) is 38.9 Å². The number of esters is 1. The average molecular weight is 237 g/mol. The zero-order valence-electron chi connectivity index (χ0n) is 9.66. The maximum Gasteiger partial charge on any atom is 0.307 e. The van der Waals surface area contributed by atoms with Gasteiger partial charge in [0.1, 0.15) is 0 Å². The average Bonchev–Trinajstić information content (AvgIpc) is 2.01. The summed E-state index contributed by atoms with van der Waals surface area (Å²) in [5.41, 5.74) is 0. The van der Waals surface area contributed by atoms with Crippen LogP contribution in [0.2, 0.25) is 0 Å². The molecule has 0 rings (SSSR count). The number of sulfonamides is 1. The number of carbonyl (C=O) groups is 1. The van der Waals surface area contributed by atoms with Crippen molar-refractivity contribution in [2.75, 3.05) is 13.2 Å². The fraction of sp³-hybridized carbons (Fsp3) is 0.889. The summed E-state index contributed by atoms with van der Waals surface area (Å²) in [4.78, 5) is 10.9. The van der Waals surface area contributed by atoms with Gasteiger partial charge in [0.15, 0.2) is 0 Å². The molecule has 0 radical (unpaired) electrons. The van der Waals surface area contributed by atoms with E-state index in [0.717, 1.165) is 0 Å². The van der Waals surface area contributed by atoms with Crippen molar-refractivity contribution in [3.63, 3.8) is 0 Å². The van der Waals surface area contributed by atoms with Gasteiger partial charge in [0.05, 0.1) is 17.8 Å². The minimum atomic E-state index is -3.37. The second kappa shape index (κ2) is 5.46. The predicted octanol–water partition coefficient (Wildman–Crippen LogP) is 0.657. The molecule has 0 bridgehead atoms. The Morgan fingerprint density at radius 1 is 1.33 bits per heavy atom. The molecule has 1 N–H and O–H groups in total. The number of hydrogen-bond donors (Lipinski definition) is 1. The van der Waals surface area contributed by atoms with Gasteiger partial charge in [0.2, 0.25) is 10.0 Å². The van der Waals surface area contributed by atoms with Crippen LogP contribution in [0.25, 0.3) is 0 Å².